The highest BCUT2D eigenvalue weighted by molar-refractivity contribution is 6.35. The van der Waals surface area contributed by atoms with Crippen molar-refractivity contribution in [1.29, 1.82) is 0 Å². The second-order valence-corrected chi connectivity index (χ2v) is 8.04. The quantitative estimate of drug-likeness (QED) is 0.555. The van der Waals surface area contributed by atoms with E-state index >= 15 is 0 Å². The van der Waals surface area contributed by atoms with E-state index < -0.39 is 40.6 Å². The fourth-order valence-electron chi connectivity index (χ4n) is 3.06. The summed E-state index contributed by atoms with van der Waals surface area (Å²) in [5, 5.41) is 10.9. The molecule has 1 N–H and O–H groups in total. The van der Waals surface area contributed by atoms with Crippen molar-refractivity contribution in [1.82, 2.24) is 0 Å². The van der Waals surface area contributed by atoms with Crippen LogP contribution in [0.15, 0.2) is 23.3 Å². The van der Waals surface area contributed by atoms with Crippen LogP contribution in [-0.2, 0) is 19.2 Å². The molecule has 0 heterocycles. The SMILES string of the molecule is CC(C)=CCC1C(=O)C(C(=O)CC(C)C)C(=O)[C@](O)(CC=C(C)C)C1=O. The Labute approximate surface area is 155 Å². The number of hydrogen-bond donors (Lipinski definition) is 1. The molecule has 1 aliphatic carbocycles. The highest BCUT2D eigenvalue weighted by Gasteiger charge is 2.58. The first kappa shape index (κ1) is 22.2. The maximum Gasteiger partial charge on any atom is 0.190 e. The standard InChI is InChI=1S/C21H30O5/c1-12(2)7-8-15-18(23)17(16(22)11-14(5)6)20(25)21(26,19(15)24)10-9-13(3)4/h7,9,14-15,17,26H,8,10-11H2,1-6H3/t15?,17?,21-/m0/s1. The van der Waals surface area contributed by atoms with Gasteiger partial charge in [-0.2, -0.15) is 0 Å². The summed E-state index contributed by atoms with van der Waals surface area (Å²) < 4.78 is 0. The summed E-state index contributed by atoms with van der Waals surface area (Å²) in [6.45, 7) is 10.9. The molecule has 2 unspecified atom stereocenters. The Morgan fingerprint density at radius 2 is 1.58 bits per heavy atom. The lowest BCUT2D eigenvalue weighted by molar-refractivity contribution is -0.166. The van der Waals surface area contributed by atoms with Crippen LogP contribution in [0.2, 0.25) is 0 Å². The predicted octanol–water partition coefficient (Wildman–Crippen LogP) is 3.00. The Morgan fingerprint density at radius 1 is 1.04 bits per heavy atom. The molecule has 1 saturated carbocycles. The van der Waals surface area contributed by atoms with E-state index in [9.17, 15) is 24.3 Å². The van der Waals surface area contributed by atoms with Gasteiger partial charge < -0.3 is 5.11 Å². The highest BCUT2D eigenvalue weighted by atomic mass is 16.3. The first-order chi connectivity index (χ1) is 11.9. The summed E-state index contributed by atoms with van der Waals surface area (Å²) in [6.07, 6.45) is 3.26. The molecule has 144 valence electrons. The molecule has 5 heteroatoms. The molecule has 0 aromatic rings. The molecule has 1 fully saturated rings. The van der Waals surface area contributed by atoms with Gasteiger partial charge in [0.25, 0.3) is 0 Å². The lowest BCUT2D eigenvalue weighted by Gasteiger charge is -2.36. The molecule has 26 heavy (non-hydrogen) atoms. The van der Waals surface area contributed by atoms with Gasteiger partial charge in [0.15, 0.2) is 28.7 Å². The van der Waals surface area contributed by atoms with Crippen LogP contribution in [0.25, 0.3) is 0 Å². The normalized spacial score (nSPS) is 26.1. The molecular formula is C21H30O5. The van der Waals surface area contributed by atoms with Crippen LogP contribution in [0.1, 0.15) is 60.8 Å². The maximum absolute atomic E-state index is 12.8. The van der Waals surface area contributed by atoms with Gasteiger partial charge in [-0.3, -0.25) is 19.2 Å². The smallest absolute Gasteiger partial charge is 0.190 e. The van der Waals surface area contributed by atoms with Crippen molar-refractivity contribution >= 4 is 23.1 Å². The van der Waals surface area contributed by atoms with Crippen LogP contribution in [-0.4, -0.2) is 33.8 Å². The molecule has 5 nitrogen and oxygen atoms in total. The van der Waals surface area contributed by atoms with Crippen molar-refractivity contribution in [2.75, 3.05) is 0 Å². The molecule has 0 aliphatic heterocycles. The molecule has 0 bridgehead atoms. The monoisotopic (exact) mass is 362 g/mol. The molecule has 0 aromatic carbocycles. The number of rotatable bonds is 7. The number of ketones is 4. The van der Waals surface area contributed by atoms with Crippen LogP contribution < -0.4 is 0 Å². The number of Topliss-reactive ketones (excluding diaryl/α,β-unsaturated/α-hetero) is 4. The van der Waals surface area contributed by atoms with Gasteiger partial charge in [0.2, 0.25) is 0 Å². The number of carbonyl (C=O) groups is 4. The van der Waals surface area contributed by atoms with Crippen LogP contribution in [0, 0.1) is 17.8 Å². The van der Waals surface area contributed by atoms with Crippen molar-refractivity contribution in [2.24, 2.45) is 17.8 Å². The average Bonchev–Trinajstić information content (AvgIpc) is 2.50. The van der Waals surface area contributed by atoms with E-state index in [1.807, 2.05) is 27.7 Å². The summed E-state index contributed by atoms with van der Waals surface area (Å²) in [4.78, 5) is 51.0. The third-order valence-corrected chi connectivity index (χ3v) is 4.52. The second kappa shape index (κ2) is 8.67. The summed E-state index contributed by atoms with van der Waals surface area (Å²) in [7, 11) is 0. The summed E-state index contributed by atoms with van der Waals surface area (Å²) in [5.41, 5.74) is -0.565. The minimum absolute atomic E-state index is 0.0252. The molecule has 0 saturated heterocycles. The van der Waals surface area contributed by atoms with Gasteiger partial charge in [-0.05, 0) is 40.0 Å². The van der Waals surface area contributed by atoms with E-state index in [2.05, 4.69) is 0 Å². The minimum atomic E-state index is -2.32. The van der Waals surface area contributed by atoms with Crippen molar-refractivity contribution in [3.63, 3.8) is 0 Å². The second-order valence-electron chi connectivity index (χ2n) is 8.04. The van der Waals surface area contributed by atoms with E-state index in [-0.39, 0.29) is 25.2 Å². The highest BCUT2D eigenvalue weighted by Crippen LogP contribution is 2.34. The van der Waals surface area contributed by atoms with Crippen LogP contribution in [0.3, 0.4) is 0 Å². The van der Waals surface area contributed by atoms with Gasteiger partial charge in [-0.1, -0.05) is 37.1 Å². The van der Waals surface area contributed by atoms with Gasteiger partial charge in [0.05, 0.1) is 5.92 Å². The summed E-state index contributed by atoms with van der Waals surface area (Å²) >= 11 is 0. The Bertz CT molecular complexity index is 660. The maximum atomic E-state index is 12.8. The van der Waals surface area contributed by atoms with Crippen LogP contribution in [0.4, 0.5) is 0 Å². The summed E-state index contributed by atoms with van der Waals surface area (Å²) in [6, 6.07) is 0. The third-order valence-electron chi connectivity index (χ3n) is 4.52. The van der Waals surface area contributed by atoms with Gasteiger partial charge >= 0.3 is 0 Å². The predicted molar refractivity (Wildman–Crippen MR) is 99.5 cm³/mol. The fraction of sp³-hybridized carbons (Fsp3) is 0.619. The lowest BCUT2D eigenvalue weighted by Crippen LogP contribution is -2.62. The Morgan fingerprint density at radius 3 is 2.04 bits per heavy atom. The zero-order valence-corrected chi connectivity index (χ0v) is 16.6. The van der Waals surface area contributed by atoms with E-state index in [0.29, 0.717) is 0 Å². The molecule has 1 aliphatic rings. The first-order valence-electron chi connectivity index (χ1n) is 9.06. The van der Waals surface area contributed by atoms with E-state index in [0.717, 1.165) is 11.1 Å². The van der Waals surface area contributed by atoms with Gasteiger partial charge in [0, 0.05) is 12.8 Å². The van der Waals surface area contributed by atoms with Crippen molar-refractivity contribution in [2.45, 2.75) is 66.4 Å². The number of allylic oxidation sites excluding steroid dienone is 3. The fourth-order valence-corrected chi connectivity index (χ4v) is 3.06. The molecular weight excluding hydrogens is 332 g/mol. The third kappa shape index (κ3) is 4.85. The molecule has 0 radical (unpaired) electrons. The van der Waals surface area contributed by atoms with Crippen molar-refractivity contribution in [3.8, 4) is 0 Å². The zero-order valence-electron chi connectivity index (χ0n) is 16.6. The van der Waals surface area contributed by atoms with Crippen LogP contribution in [0.5, 0.6) is 0 Å². The Balaban J connectivity index is 3.38. The molecule has 0 spiro atoms. The van der Waals surface area contributed by atoms with Crippen molar-refractivity contribution in [3.05, 3.63) is 23.3 Å². The Kier molecular flexibility index (Phi) is 7.39. The largest absolute Gasteiger partial charge is 0.374 e. The molecule has 0 aromatic heterocycles. The number of hydrogen-bond acceptors (Lipinski definition) is 5. The van der Waals surface area contributed by atoms with Gasteiger partial charge in [-0.25, -0.2) is 0 Å². The number of aliphatic hydroxyl groups is 1. The van der Waals surface area contributed by atoms with Gasteiger partial charge in [0.1, 0.15) is 5.92 Å². The van der Waals surface area contributed by atoms with Crippen LogP contribution >= 0.6 is 0 Å². The van der Waals surface area contributed by atoms with Crippen molar-refractivity contribution < 1.29 is 24.3 Å². The minimum Gasteiger partial charge on any atom is -0.374 e. The molecule has 3 atom stereocenters. The Hall–Kier alpha value is -1.88. The molecule has 0 amide bonds. The first-order valence-corrected chi connectivity index (χ1v) is 9.06. The van der Waals surface area contributed by atoms with E-state index in [1.54, 1.807) is 26.0 Å². The average molecular weight is 362 g/mol. The van der Waals surface area contributed by atoms with E-state index in [1.165, 1.54) is 0 Å². The summed E-state index contributed by atoms with van der Waals surface area (Å²) in [5.74, 6) is -5.70. The lowest BCUT2D eigenvalue weighted by atomic mass is 9.65. The van der Waals surface area contributed by atoms with E-state index in [4.69, 9.17) is 0 Å². The number of carbonyl (C=O) groups excluding carboxylic acids is 4. The topological polar surface area (TPSA) is 88.5 Å². The molecule has 1 rings (SSSR count). The zero-order chi connectivity index (χ0) is 20.2. The van der Waals surface area contributed by atoms with Gasteiger partial charge in [-0.15, -0.1) is 0 Å².